The molecule has 0 amide bonds. The van der Waals surface area contributed by atoms with Gasteiger partial charge in [-0.05, 0) is 36.4 Å². The Morgan fingerprint density at radius 2 is 1.74 bits per heavy atom. The lowest BCUT2D eigenvalue weighted by atomic mass is 10.3. The van der Waals surface area contributed by atoms with Gasteiger partial charge in [0.05, 0.1) is 5.02 Å². The summed E-state index contributed by atoms with van der Waals surface area (Å²) in [7, 11) is -4.18. The van der Waals surface area contributed by atoms with Gasteiger partial charge in [-0.2, -0.15) is 8.78 Å². The average molecular weight is 384 g/mol. The second kappa shape index (κ2) is 6.77. The Hall–Kier alpha value is -1.77. The zero-order valence-corrected chi connectivity index (χ0v) is 13.5. The maximum atomic E-state index is 12.2. The van der Waals surface area contributed by atoms with Gasteiger partial charge in [0, 0.05) is 10.7 Å². The summed E-state index contributed by atoms with van der Waals surface area (Å²) in [6.07, 6.45) is 0. The Kier molecular flexibility index (Phi) is 5.18. The number of anilines is 1. The lowest BCUT2D eigenvalue weighted by Crippen LogP contribution is -2.13. The van der Waals surface area contributed by atoms with Crippen molar-refractivity contribution in [1.82, 2.24) is 0 Å². The van der Waals surface area contributed by atoms with Gasteiger partial charge in [-0.3, -0.25) is 4.72 Å². The summed E-state index contributed by atoms with van der Waals surface area (Å²) >= 11 is 11.4. The summed E-state index contributed by atoms with van der Waals surface area (Å²) in [4.78, 5) is -0.511. The van der Waals surface area contributed by atoms with E-state index in [1.54, 1.807) is 0 Å². The first-order valence-corrected chi connectivity index (χ1v) is 8.18. The molecule has 0 aromatic heterocycles. The third-order valence-electron chi connectivity index (χ3n) is 2.61. The van der Waals surface area contributed by atoms with Gasteiger partial charge in [-0.15, -0.1) is 0 Å². The van der Waals surface area contributed by atoms with Gasteiger partial charge >= 0.3 is 6.61 Å². The van der Waals surface area contributed by atoms with E-state index in [2.05, 4.69) is 9.46 Å². The lowest BCUT2D eigenvalue weighted by molar-refractivity contribution is -0.0498. The van der Waals surface area contributed by atoms with Crippen molar-refractivity contribution in [3.63, 3.8) is 0 Å². The molecular weight excluding hydrogens is 375 g/mol. The highest BCUT2D eigenvalue weighted by atomic mass is 35.5. The van der Waals surface area contributed by atoms with E-state index in [1.807, 2.05) is 0 Å². The average Bonchev–Trinajstić information content (AvgIpc) is 2.44. The van der Waals surface area contributed by atoms with Gasteiger partial charge in [0.25, 0.3) is 10.0 Å². The van der Waals surface area contributed by atoms with Crippen LogP contribution in [0.3, 0.4) is 0 Å². The topological polar surface area (TPSA) is 75.6 Å². The first-order chi connectivity index (χ1) is 10.7. The van der Waals surface area contributed by atoms with E-state index < -0.39 is 27.3 Å². The third kappa shape index (κ3) is 4.37. The number of nitrogens with one attached hydrogen (secondary N) is 1. The molecule has 0 aliphatic heterocycles. The van der Waals surface area contributed by atoms with Crippen LogP contribution in [0.2, 0.25) is 10.0 Å². The summed E-state index contributed by atoms with van der Waals surface area (Å²) in [5.74, 6) is -0.780. The molecule has 5 nitrogen and oxygen atoms in total. The summed E-state index contributed by atoms with van der Waals surface area (Å²) in [5, 5.41) is 9.56. The molecule has 0 bridgehead atoms. The van der Waals surface area contributed by atoms with Crippen molar-refractivity contribution in [2.45, 2.75) is 11.5 Å². The maximum absolute atomic E-state index is 12.2. The molecule has 0 saturated heterocycles. The molecule has 2 rings (SSSR count). The van der Waals surface area contributed by atoms with Crippen molar-refractivity contribution in [3.05, 3.63) is 46.4 Å². The molecule has 0 radical (unpaired) electrons. The third-order valence-corrected chi connectivity index (χ3v) is 4.52. The number of hydrogen-bond donors (Lipinski definition) is 2. The summed E-state index contributed by atoms with van der Waals surface area (Å²) < 4.78 is 54.9. The van der Waals surface area contributed by atoms with Crippen molar-refractivity contribution in [2.24, 2.45) is 0 Å². The van der Waals surface area contributed by atoms with Crippen LogP contribution in [0, 0.1) is 0 Å². The Morgan fingerprint density at radius 1 is 1.13 bits per heavy atom. The molecule has 0 fully saturated rings. The number of sulfonamides is 1. The summed E-state index contributed by atoms with van der Waals surface area (Å²) in [5.41, 5.74) is 0.0714. The van der Waals surface area contributed by atoms with Crippen molar-refractivity contribution < 1.29 is 27.0 Å². The number of hydrogen-bond acceptors (Lipinski definition) is 4. The van der Waals surface area contributed by atoms with Gasteiger partial charge in [0.1, 0.15) is 10.6 Å². The van der Waals surface area contributed by atoms with Gasteiger partial charge < -0.3 is 9.84 Å². The molecule has 23 heavy (non-hydrogen) atoms. The van der Waals surface area contributed by atoms with Crippen LogP contribution in [0.5, 0.6) is 11.5 Å². The minimum atomic E-state index is -4.18. The number of rotatable bonds is 5. The van der Waals surface area contributed by atoms with Crippen molar-refractivity contribution in [3.8, 4) is 11.5 Å². The van der Waals surface area contributed by atoms with Crippen LogP contribution in [0.1, 0.15) is 0 Å². The summed E-state index contributed by atoms with van der Waals surface area (Å²) in [6.45, 7) is -2.98. The monoisotopic (exact) mass is 383 g/mol. The minimum absolute atomic E-state index is 0.0221. The Labute approximate surface area is 140 Å². The number of aromatic hydroxyl groups is 1. The zero-order chi connectivity index (χ0) is 17.2. The molecule has 2 aromatic rings. The van der Waals surface area contributed by atoms with E-state index in [4.69, 9.17) is 23.2 Å². The number of benzene rings is 2. The number of alkyl halides is 2. The van der Waals surface area contributed by atoms with E-state index in [0.717, 1.165) is 18.2 Å². The van der Waals surface area contributed by atoms with Crippen molar-refractivity contribution >= 4 is 38.9 Å². The normalized spacial score (nSPS) is 11.5. The highest BCUT2D eigenvalue weighted by Gasteiger charge is 2.22. The Morgan fingerprint density at radius 3 is 2.30 bits per heavy atom. The molecule has 2 aromatic carbocycles. The van der Waals surface area contributed by atoms with Crippen LogP contribution in [0.15, 0.2) is 41.3 Å². The quantitative estimate of drug-likeness (QED) is 0.814. The Bertz CT molecular complexity index is 813. The van der Waals surface area contributed by atoms with Gasteiger partial charge in [-0.25, -0.2) is 8.42 Å². The van der Waals surface area contributed by atoms with Crippen molar-refractivity contribution in [1.29, 1.82) is 0 Å². The van der Waals surface area contributed by atoms with E-state index in [1.165, 1.54) is 18.2 Å². The summed E-state index contributed by atoms with van der Waals surface area (Å²) in [6, 6.07) is 6.98. The first kappa shape index (κ1) is 17.6. The first-order valence-electron chi connectivity index (χ1n) is 5.95. The number of halogens is 4. The molecule has 0 aliphatic rings. The molecule has 0 unspecified atom stereocenters. The molecule has 0 saturated carbocycles. The van der Waals surface area contributed by atoms with Crippen LogP contribution < -0.4 is 9.46 Å². The molecule has 2 N–H and O–H groups in total. The van der Waals surface area contributed by atoms with E-state index in [9.17, 15) is 22.3 Å². The minimum Gasteiger partial charge on any atom is -0.505 e. The fourth-order valence-electron chi connectivity index (χ4n) is 1.66. The molecule has 0 heterocycles. The largest absolute Gasteiger partial charge is 0.505 e. The molecule has 10 heteroatoms. The molecular formula is C13H9Cl2F2NO4S. The van der Waals surface area contributed by atoms with Crippen LogP contribution in [-0.2, 0) is 10.0 Å². The zero-order valence-electron chi connectivity index (χ0n) is 11.1. The van der Waals surface area contributed by atoms with Crippen LogP contribution in [0.25, 0.3) is 0 Å². The standard InChI is InChI=1S/C13H9Cl2F2NO4S/c14-7-5-10(15)12(19)11(6-7)23(20,21)18-8-1-3-9(4-2-8)22-13(16)17/h1-6,13,18-19H. The molecule has 0 spiro atoms. The van der Waals surface area contributed by atoms with E-state index >= 15 is 0 Å². The predicted molar refractivity (Wildman–Crippen MR) is 82.0 cm³/mol. The SMILES string of the molecule is O=S(=O)(Nc1ccc(OC(F)F)cc1)c1cc(Cl)cc(Cl)c1O. The fourth-order valence-corrected chi connectivity index (χ4v) is 3.48. The van der Waals surface area contributed by atoms with Gasteiger partial charge in [0.2, 0.25) is 0 Å². The van der Waals surface area contributed by atoms with Crippen LogP contribution in [-0.4, -0.2) is 20.1 Å². The van der Waals surface area contributed by atoms with Gasteiger partial charge in [-0.1, -0.05) is 23.2 Å². The predicted octanol–water partition coefficient (Wildman–Crippen LogP) is 4.10. The second-order valence-corrected chi connectivity index (χ2v) is 6.74. The van der Waals surface area contributed by atoms with E-state index in [0.29, 0.717) is 0 Å². The highest BCUT2D eigenvalue weighted by Crippen LogP contribution is 2.35. The number of phenolic OH excluding ortho intramolecular Hbond substituents is 1. The number of phenols is 1. The van der Waals surface area contributed by atoms with Crippen LogP contribution in [0.4, 0.5) is 14.5 Å². The van der Waals surface area contributed by atoms with E-state index in [-0.39, 0.29) is 21.5 Å². The number of ether oxygens (including phenoxy) is 1. The van der Waals surface area contributed by atoms with Crippen LogP contribution >= 0.6 is 23.2 Å². The maximum Gasteiger partial charge on any atom is 0.387 e. The highest BCUT2D eigenvalue weighted by molar-refractivity contribution is 7.92. The molecule has 124 valence electrons. The molecule has 0 aliphatic carbocycles. The smallest absolute Gasteiger partial charge is 0.387 e. The fraction of sp³-hybridized carbons (Fsp3) is 0.0769. The molecule has 0 atom stereocenters. The second-order valence-electron chi connectivity index (χ2n) is 4.24. The van der Waals surface area contributed by atoms with Crippen molar-refractivity contribution in [2.75, 3.05) is 4.72 Å². The lowest BCUT2D eigenvalue weighted by Gasteiger charge is -2.11. The Balaban J connectivity index is 2.28. The van der Waals surface area contributed by atoms with Gasteiger partial charge in [0.15, 0.2) is 5.75 Å².